The quantitative estimate of drug-likeness (QED) is 0.411. The Morgan fingerprint density at radius 1 is 1.26 bits per heavy atom. The van der Waals surface area contributed by atoms with Gasteiger partial charge in [0.2, 0.25) is 0 Å². The highest BCUT2D eigenvalue weighted by molar-refractivity contribution is 6.08. The van der Waals surface area contributed by atoms with Crippen LogP contribution in [-0.2, 0) is 4.84 Å². The van der Waals surface area contributed by atoms with Gasteiger partial charge in [-0.05, 0) is 31.8 Å². The molecule has 178 valence electrons. The zero-order chi connectivity index (χ0) is 24.1. The number of aryl methyl sites for hydroxylation is 1. The number of oxime groups is 1. The van der Waals surface area contributed by atoms with E-state index in [0.717, 1.165) is 28.3 Å². The summed E-state index contributed by atoms with van der Waals surface area (Å²) >= 11 is 0. The number of carbonyl (C=O) groups excluding carboxylic acids is 1. The summed E-state index contributed by atoms with van der Waals surface area (Å²) < 4.78 is 5.18. The number of hydrogen-bond acceptors (Lipinski definition) is 6. The summed E-state index contributed by atoms with van der Waals surface area (Å²) in [5, 5.41) is 15.2. The van der Waals surface area contributed by atoms with E-state index in [1.54, 1.807) is 6.08 Å². The van der Waals surface area contributed by atoms with Gasteiger partial charge in [-0.15, -0.1) is 0 Å². The second kappa shape index (κ2) is 10.5. The summed E-state index contributed by atoms with van der Waals surface area (Å²) in [6.45, 7) is 5.51. The van der Waals surface area contributed by atoms with Gasteiger partial charge in [-0.1, -0.05) is 66.5 Å². The molecule has 2 aliphatic rings. The van der Waals surface area contributed by atoms with E-state index in [1.807, 2.05) is 55.3 Å². The number of rotatable bonds is 5. The minimum absolute atomic E-state index is 0.0320. The van der Waals surface area contributed by atoms with Crippen LogP contribution in [0.25, 0.3) is 11.4 Å². The SMILES string of the molecule is C=C/C(=N\OC)c1ccccc1.Cc1cc(-c2n[nH]c3c2C(C2CCCCC2)N(C)C3=O)no1. The Bertz CT molecular complexity index is 1160. The van der Waals surface area contributed by atoms with E-state index in [1.165, 1.54) is 39.2 Å². The molecule has 1 aliphatic carbocycles. The first-order valence-electron chi connectivity index (χ1n) is 11.6. The second-order valence-electron chi connectivity index (χ2n) is 8.67. The van der Waals surface area contributed by atoms with Gasteiger partial charge in [0.15, 0.2) is 0 Å². The molecule has 3 heterocycles. The Kier molecular flexibility index (Phi) is 7.25. The van der Waals surface area contributed by atoms with Crippen LogP contribution in [0.2, 0.25) is 0 Å². The number of nitrogens with zero attached hydrogens (tertiary/aromatic N) is 4. The molecule has 2 aromatic heterocycles. The van der Waals surface area contributed by atoms with E-state index in [0.29, 0.717) is 17.3 Å². The van der Waals surface area contributed by atoms with Crippen LogP contribution < -0.4 is 0 Å². The number of allylic oxidation sites excluding steroid dienone is 1. The van der Waals surface area contributed by atoms with Gasteiger partial charge in [0, 0.05) is 24.2 Å². The van der Waals surface area contributed by atoms with Crippen molar-refractivity contribution in [2.75, 3.05) is 14.2 Å². The van der Waals surface area contributed by atoms with Crippen molar-refractivity contribution in [3.8, 4) is 11.4 Å². The van der Waals surface area contributed by atoms with Crippen LogP contribution in [0.5, 0.6) is 0 Å². The largest absolute Gasteiger partial charge is 0.399 e. The first-order valence-corrected chi connectivity index (χ1v) is 11.6. The minimum atomic E-state index is 0.0320. The summed E-state index contributed by atoms with van der Waals surface area (Å²) in [6.07, 6.45) is 7.80. The standard InChI is InChI=1S/C16H20N4O2.C10H11NO/c1-9-8-11(19-22-9)13-12-14(18-17-13)16(21)20(2)15(12)10-6-4-3-5-7-10;1-3-10(11-12-2)9-7-5-4-6-8-9/h8,10,15H,3-7H2,1-2H3,(H,17,18);3-8H,1H2,2H3/b;11-10+. The molecule has 34 heavy (non-hydrogen) atoms. The van der Waals surface area contributed by atoms with Gasteiger partial charge in [0.1, 0.15) is 35.7 Å². The van der Waals surface area contributed by atoms with E-state index < -0.39 is 0 Å². The molecule has 1 N–H and O–H groups in total. The first-order chi connectivity index (χ1) is 16.5. The first kappa shape index (κ1) is 23.5. The predicted molar refractivity (Wildman–Crippen MR) is 130 cm³/mol. The number of aromatic amines is 1. The summed E-state index contributed by atoms with van der Waals surface area (Å²) in [5.74, 6) is 1.29. The normalized spacial score (nSPS) is 18.3. The van der Waals surface area contributed by atoms with Crippen LogP contribution >= 0.6 is 0 Å². The number of aromatic nitrogens is 3. The van der Waals surface area contributed by atoms with Crippen LogP contribution in [0.3, 0.4) is 0 Å². The Hall–Kier alpha value is -3.68. The molecule has 0 bridgehead atoms. The highest BCUT2D eigenvalue weighted by atomic mass is 16.6. The third-order valence-corrected chi connectivity index (χ3v) is 6.47. The highest BCUT2D eigenvalue weighted by Crippen LogP contribution is 2.46. The lowest BCUT2D eigenvalue weighted by molar-refractivity contribution is 0.0696. The molecule has 1 amide bonds. The van der Waals surface area contributed by atoms with Crippen LogP contribution in [0, 0.1) is 12.8 Å². The number of nitrogens with one attached hydrogen (secondary N) is 1. The molecule has 8 heteroatoms. The van der Waals surface area contributed by atoms with E-state index in [4.69, 9.17) is 4.52 Å². The molecule has 8 nitrogen and oxygen atoms in total. The van der Waals surface area contributed by atoms with Crippen LogP contribution in [0.1, 0.15) is 65.5 Å². The van der Waals surface area contributed by atoms with Crippen LogP contribution in [0.15, 0.2) is 58.7 Å². The van der Waals surface area contributed by atoms with Gasteiger partial charge in [-0.3, -0.25) is 9.89 Å². The fraction of sp³-hybridized carbons (Fsp3) is 0.385. The topological polar surface area (TPSA) is 96.6 Å². The molecular formula is C26H31N5O3. The summed E-state index contributed by atoms with van der Waals surface area (Å²) in [4.78, 5) is 19.0. The number of hydrogen-bond donors (Lipinski definition) is 1. The van der Waals surface area contributed by atoms with Gasteiger partial charge in [0.05, 0.1) is 6.04 Å². The van der Waals surface area contributed by atoms with Crippen molar-refractivity contribution < 1.29 is 14.2 Å². The summed E-state index contributed by atoms with van der Waals surface area (Å²) in [6, 6.07) is 11.7. The smallest absolute Gasteiger partial charge is 0.272 e. The average Bonchev–Trinajstić information content (AvgIpc) is 3.55. The molecule has 1 unspecified atom stereocenters. The Morgan fingerprint density at radius 2 is 2.00 bits per heavy atom. The number of fused-ring (bicyclic) bond motifs is 1. The molecule has 1 aliphatic heterocycles. The van der Waals surface area contributed by atoms with Crippen molar-refractivity contribution in [1.82, 2.24) is 20.3 Å². The highest BCUT2D eigenvalue weighted by Gasteiger charge is 2.43. The second-order valence-corrected chi connectivity index (χ2v) is 8.67. The van der Waals surface area contributed by atoms with Gasteiger partial charge >= 0.3 is 0 Å². The third kappa shape index (κ3) is 4.66. The van der Waals surface area contributed by atoms with Crippen molar-refractivity contribution in [3.05, 3.63) is 71.6 Å². The molecule has 1 saturated carbocycles. The fourth-order valence-corrected chi connectivity index (χ4v) is 4.89. The number of amides is 1. The molecule has 0 radical (unpaired) electrons. The van der Waals surface area contributed by atoms with Crippen LogP contribution in [0.4, 0.5) is 0 Å². The number of H-pyrrole nitrogens is 1. The predicted octanol–water partition coefficient (Wildman–Crippen LogP) is 5.30. The lowest BCUT2D eigenvalue weighted by Crippen LogP contribution is -2.30. The van der Waals surface area contributed by atoms with Crippen molar-refractivity contribution in [2.45, 2.75) is 45.1 Å². The third-order valence-electron chi connectivity index (χ3n) is 6.47. The van der Waals surface area contributed by atoms with Gasteiger partial charge in [-0.2, -0.15) is 5.10 Å². The zero-order valence-electron chi connectivity index (χ0n) is 20.0. The molecule has 3 aromatic rings. The molecule has 1 atom stereocenters. The zero-order valence-corrected chi connectivity index (χ0v) is 20.0. The maximum absolute atomic E-state index is 12.5. The van der Waals surface area contributed by atoms with Crippen molar-refractivity contribution in [2.24, 2.45) is 11.1 Å². The van der Waals surface area contributed by atoms with E-state index in [-0.39, 0.29) is 11.9 Å². The van der Waals surface area contributed by atoms with E-state index >= 15 is 0 Å². The van der Waals surface area contributed by atoms with E-state index in [9.17, 15) is 4.79 Å². The van der Waals surface area contributed by atoms with Crippen molar-refractivity contribution in [3.63, 3.8) is 0 Å². The van der Waals surface area contributed by atoms with Crippen molar-refractivity contribution >= 4 is 11.6 Å². The number of benzene rings is 1. The molecule has 0 spiro atoms. The minimum Gasteiger partial charge on any atom is -0.399 e. The Morgan fingerprint density at radius 3 is 2.62 bits per heavy atom. The maximum Gasteiger partial charge on any atom is 0.272 e. The van der Waals surface area contributed by atoms with Gasteiger partial charge < -0.3 is 14.3 Å². The molecule has 5 rings (SSSR count). The van der Waals surface area contributed by atoms with Crippen LogP contribution in [-0.4, -0.2) is 46.0 Å². The Balaban J connectivity index is 0.000000195. The molecular weight excluding hydrogens is 430 g/mol. The Labute approximate surface area is 199 Å². The monoisotopic (exact) mass is 461 g/mol. The van der Waals surface area contributed by atoms with E-state index in [2.05, 4.69) is 31.9 Å². The maximum atomic E-state index is 12.5. The summed E-state index contributed by atoms with van der Waals surface area (Å²) in [7, 11) is 3.42. The molecule has 1 fully saturated rings. The molecule has 0 saturated heterocycles. The lowest BCUT2D eigenvalue weighted by Gasteiger charge is -2.32. The lowest BCUT2D eigenvalue weighted by atomic mass is 9.81. The van der Waals surface area contributed by atoms with Crippen molar-refractivity contribution in [1.29, 1.82) is 0 Å². The molecule has 1 aromatic carbocycles. The van der Waals surface area contributed by atoms with Gasteiger partial charge in [0.25, 0.3) is 5.91 Å². The summed E-state index contributed by atoms with van der Waals surface area (Å²) in [5.41, 5.74) is 4.85. The number of carbonyl (C=O) groups is 1. The van der Waals surface area contributed by atoms with Gasteiger partial charge in [-0.25, -0.2) is 0 Å². The average molecular weight is 462 g/mol. The fourth-order valence-electron chi connectivity index (χ4n) is 4.89.